The molecular formula is C25H25NO5S. The van der Waals surface area contributed by atoms with Crippen LogP contribution in [0.15, 0.2) is 71.6 Å². The van der Waals surface area contributed by atoms with Gasteiger partial charge in [-0.1, -0.05) is 30.3 Å². The lowest BCUT2D eigenvalue weighted by Gasteiger charge is -2.19. The van der Waals surface area contributed by atoms with Crippen LogP contribution in [0.25, 0.3) is 0 Å². The fraction of sp³-hybridized carbons (Fsp3) is 0.200. The molecule has 0 N–H and O–H groups in total. The van der Waals surface area contributed by atoms with E-state index in [0.29, 0.717) is 11.3 Å². The van der Waals surface area contributed by atoms with Crippen LogP contribution in [0.1, 0.15) is 37.4 Å². The first kappa shape index (κ1) is 23.2. The van der Waals surface area contributed by atoms with Gasteiger partial charge in [0, 0.05) is 12.6 Å². The molecular weight excluding hydrogens is 426 g/mol. The summed E-state index contributed by atoms with van der Waals surface area (Å²) in [5.41, 5.74) is 3.92. The van der Waals surface area contributed by atoms with Crippen molar-refractivity contribution in [1.82, 2.24) is 0 Å². The van der Waals surface area contributed by atoms with Crippen molar-refractivity contribution in [3.8, 4) is 0 Å². The van der Waals surface area contributed by atoms with Crippen molar-refractivity contribution in [3.05, 3.63) is 94.5 Å². The Kier molecular flexibility index (Phi) is 6.79. The minimum atomic E-state index is -3.88. The van der Waals surface area contributed by atoms with Crippen LogP contribution in [-0.4, -0.2) is 33.8 Å². The SMILES string of the molecule is Cc1cc(C)c(C(=O)COC(=O)c2cccc(S(=O)(=O)N(C)c3ccccc3)c2)cc1C. The van der Waals surface area contributed by atoms with Gasteiger partial charge in [-0.25, -0.2) is 13.2 Å². The van der Waals surface area contributed by atoms with E-state index in [1.54, 1.807) is 36.4 Å². The first-order chi connectivity index (χ1) is 15.1. The van der Waals surface area contributed by atoms with Gasteiger partial charge in [0.2, 0.25) is 5.78 Å². The van der Waals surface area contributed by atoms with Gasteiger partial charge < -0.3 is 4.74 Å². The topological polar surface area (TPSA) is 80.8 Å². The zero-order valence-electron chi connectivity index (χ0n) is 18.5. The summed E-state index contributed by atoms with van der Waals surface area (Å²) in [5.74, 6) is -1.08. The normalized spacial score (nSPS) is 11.1. The van der Waals surface area contributed by atoms with Gasteiger partial charge in [0.1, 0.15) is 0 Å². The molecule has 0 radical (unpaired) electrons. The number of para-hydroxylation sites is 1. The molecule has 0 amide bonds. The Balaban J connectivity index is 1.76. The monoisotopic (exact) mass is 451 g/mol. The Morgan fingerprint density at radius 1 is 0.844 bits per heavy atom. The van der Waals surface area contributed by atoms with E-state index in [0.717, 1.165) is 21.0 Å². The first-order valence-electron chi connectivity index (χ1n) is 10.0. The number of nitrogens with zero attached hydrogens (tertiary/aromatic N) is 1. The van der Waals surface area contributed by atoms with Gasteiger partial charge in [-0.15, -0.1) is 0 Å². The van der Waals surface area contributed by atoms with Gasteiger partial charge in [0.15, 0.2) is 6.61 Å². The lowest BCUT2D eigenvalue weighted by Crippen LogP contribution is -2.26. The Bertz CT molecular complexity index is 1270. The molecule has 0 saturated heterocycles. The van der Waals surface area contributed by atoms with Crippen molar-refractivity contribution in [2.45, 2.75) is 25.7 Å². The van der Waals surface area contributed by atoms with Crippen molar-refractivity contribution in [3.63, 3.8) is 0 Å². The molecule has 3 aromatic carbocycles. The smallest absolute Gasteiger partial charge is 0.338 e. The molecule has 0 saturated carbocycles. The summed E-state index contributed by atoms with van der Waals surface area (Å²) >= 11 is 0. The number of carbonyl (C=O) groups excluding carboxylic acids is 2. The van der Waals surface area contributed by atoms with Gasteiger partial charge in [0.05, 0.1) is 16.1 Å². The van der Waals surface area contributed by atoms with Crippen molar-refractivity contribution in [2.75, 3.05) is 18.0 Å². The summed E-state index contributed by atoms with van der Waals surface area (Å²) in [6.07, 6.45) is 0. The number of anilines is 1. The summed E-state index contributed by atoms with van der Waals surface area (Å²) in [7, 11) is -2.43. The lowest BCUT2D eigenvalue weighted by molar-refractivity contribution is 0.0474. The van der Waals surface area contributed by atoms with E-state index >= 15 is 0 Å². The molecule has 32 heavy (non-hydrogen) atoms. The molecule has 0 unspecified atom stereocenters. The van der Waals surface area contributed by atoms with Crippen LogP contribution in [0.2, 0.25) is 0 Å². The summed E-state index contributed by atoms with van der Waals surface area (Å²) in [5, 5.41) is 0. The fourth-order valence-electron chi connectivity index (χ4n) is 3.27. The van der Waals surface area contributed by atoms with E-state index in [9.17, 15) is 18.0 Å². The minimum absolute atomic E-state index is 0.0466. The highest BCUT2D eigenvalue weighted by Crippen LogP contribution is 2.23. The van der Waals surface area contributed by atoms with Gasteiger partial charge in [-0.05, 0) is 73.9 Å². The van der Waals surface area contributed by atoms with Crippen LogP contribution >= 0.6 is 0 Å². The number of aryl methyl sites for hydroxylation is 3. The predicted molar refractivity (Wildman–Crippen MR) is 124 cm³/mol. The second-order valence-corrected chi connectivity index (χ2v) is 9.56. The van der Waals surface area contributed by atoms with Crippen molar-refractivity contribution >= 4 is 27.5 Å². The maximum absolute atomic E-state index is 13.0. The highest BCUT2D eigenvalue weighted by Gasteiger charge is 2.23. The number of hydrogen-bond donors (Lipinski definition) is 0. The molecule has 0 bridgehead atoms. The second-order valence-electron chi connectivity index (χ2n) is 7.59. The molecule has 3 rings (SSSR count). The first-order valence-corrected chi connectivity index (χ1v) is 11.5. The standard InChI is InChI=1S/C25H25NO5S/c1-17-13-19(3)23(14-18(17)2)24(27)16-31-25(28)20-9-8-12-22(15-20)32(29,30)26(4)21-10-6-5-7-11-21/h5-15H,16H2,1-4H3. The molecule has 166 valence electrons. The second kappa shape index (κ2) is 9.36. The summed E-state index contributed by atoms with van der Waals surface area (Å²) in [6.45, 7) is 5.28. The Morgan fingerprint density at radius 2 is 1.50 bits per heavy atom. The van der Waals surface area contributed by atoms with E-state index in [1.807, 2.05) is 26.8 Å². The van der Waals surface area contributed by atoms with Gasteiger partial charge in [0.25, 0.3) is 10.0 Å². The number of carbonyl (C=O) groups is 2. The molecule has 0 atom stereocenters. The van der Waals surface area contributed by atoms with Crippen molar-refractivity contribution < 1.29 is 22.7 Å². The van der Waals surface area contributed by atoms with Crippen LogP contribution in [0.3, 0.4) is 0 Å². The molecule has 0 aliphatic carbocycles. The third-order valence-corrected chi connectivity index (χ3v) is 7.10. The average molecular weight is 452 g/mol. The van der Waals surface area contributed by atoms with E-state index in [2.05, 4.69) is 0 Å². The Hall–Kier alpha value is -3.45. The van der Waals surface area contributed by atoms with E-state index < -0.39 is 22.6 Å². The molecule has 0 aromatic heterocycles. The van der Waals surface area contributed by atoms with Crippen LogP contribution in [0.4, 0.5) is 5.69 Å². The van der Waals surface area contributed by atoms with Gasteiger partial charge in [-0.3, -0.25) is 9.10 Å². The number of benzene rings is 3. The highest BCUT2D eigenvalue weighted by atomic mass is 32.2. The molecule has 7 heteroatoms. The van der Waals surface area contributed by atoms with Gasteiger partial charge in [-0.2, -0.15) is 0 Å². The third kappa shape index (κ3) is 4.89. The Labute approximate surface area is 188 Å². The Morgan fingerprint density at radius 3 is 2.19 bits per heavy atom. The average Bonchev–Trinajstić information content (AvgIpc) is 2.79. The molecule has 0 aliphatic rings. The van der Waals surface area contributed by atoms with Crippen molar-refractivity contribution in [1.29, 1.82) is 0 Å². The predicted octanol–water partition coefficient (Wildman–Crippen LogP) is 4.48. The molecule has 0 spiro atoms. The number of Topliss-reactive ketones (excluding diaryl/α,β-unsaturated/α-hetero) is 1. The summed E-state index contributed by atoms with van der Waals surface area (Å²) in [6, 6.07) is 17.9. The zero-order chi connectivity index (χ0) is 23.5. The van der Waals surface area contributed by atoms with Crippen LogP contribution in [-0.2, 0) is 14.8 Å². The number of rotatable bonds is 7. The minimum Gasteiger partial charge on any atom is -0.454 e. The van der Waals surface area contributed by atoms with Gasteiger partial charge >= 0.3 is 5.97 Å². The lowest BCUT2D eigenvalue weighted by atomic mass is 9.98. The molecule has 0 aliphatic heterocycles. The molecule has 0 fully saturated rings. The summed E-state index contributed by atoms with van der Waals surface area (Å²) < 4.78 is 32.3. The number of sulfonamides is 1. The number of esters is 1. The summed E-state index contributed by atoms with van der Waals surface area (Å²) in [4.78, 5) is 25.0. The number of hydrogen-bond acceptors (Lipinski definition) is 5. The van der Waals surface area contributed by atoms with E-state index in [-0.39, 0.29) is 16.2 Å². The molecule has 3 aromatic rings. The maximum Gasteiger partial charge on any atom is 0.338 e. The van der Waals surface area contributed by atoms with Crippen LogP contribution < -0.4 is 4.31 Å². The maximum atomic E-state index is 13.0. The van der Waals surface area contributed by atoms with E-state index in [4.69, 9.17) is 4.74 Å². The van der Waals surface area contributed by atoms with Crippen molar-refractivity contribution in [2.24, 2.45) is 0 Å². The zero-order valence-corrected chi connectivity index (χ0v) is 19.3. The van der Waals surface area contributed by atoms with E-state index in [1.165, 1.54) is 31.3 Å². The number of ketones is 1. The third-order valence-electron chi connectivity index (χ3n) is 5.32. The van der Waals surface area contributed by atoms with Crippen LogP contribution in [0.5, 0.6) is 0 Å². The van der Waals surface area contributed by atoms with Crippen LogP contribution in [0, 0.1) is 20.8 Å². The number of ether oxygens (including phenoxy) is 1. The quantitative estimate of drug-likeness (QED) is 0.391. The largest absolute Gasteiger partial charge is 0.454 e. The fourth-order valence-corrected chi connectivity index (χ4v) is 4.51. The molecule has 0 heterocycles. The molecule has 6 nitrogen and oxygen atoms in total. The highest BCUT2D eigenvalue weighted by molar-refractivity contribution is 7.92.